The monoisotopic (exact) mass is 276 g/mol. The largest absolute Gasteiger partial charge is 0.478 e. The third-order valence-corrected chi connectivity index (χ3v) is 3.38. The number of nitrogens with zero attached hydrogens (tertiary/aromatic N) is 4. The molecule has 0 fully saturated rings. The minimum Gasteiger partial charge on any atom is -0.478 e. The average molecular weight is 276 g/mol. The van der Waals surface area contributed by atoms with E-state index in [-0.39, 0.29) is 5.56 Å². The van der Waals surface area contributed by atoms with Crippen LogP contribution in [-0.2, 0) is 19.6 Å². The molecular formula is C13H13FN4O2. The summed E-state index contributed by atoms with van der Waals surface area (Å²) in [5, 5.41) is 12.9. The van der Waals surface area contributed by atoms with Gasteiger partial charge < -0.3 is 5.11 Å². The summed E-state index contributed by atoms with van der Waals surface area (Å²) in [4.78, 5) is 17.0. The Hall–Kier alpha value is -2.28. The molecule has 0 spiro atoms. The van der Waals surface area contributed by atoms with Gasteiger partial charge >= 0.3 is 5.97 Å². The van der Waals surface area contributed by atoms with E-state index in [1.807, 2.05) is 4.68 Å². The van der Waals surface area contributed by atoms with Gasteiger partial charge in [0.1, 0.15) is 18.0 Å². The Bertz CT molecular complexity index is 656. The number of carboxylic acid groups (broad SMARTS) is 1. The molecule has 1 aromatic carbocycles. The number of rotatable bonds is 3. The van der Waals surface area contributed by atoms with Crippen LogP contribution in [0, 0.1) is 5.82 Å². The van der Waals surface area contributed by atoms with Gasteiger partial charge in [-0.2, -0.15) is 5.10 Å². The molecule has 1 aromatic heterocycles. The van der Waals surface area contributed by atoms with Crippen molar-refractivity contribution in [2.75, 3.05) is 6.54 Å². The standard InChI is InChI=1S/C13H13FN4O2/c14-11-5-9(13(19)20)1-2-10(11)6-17-3-4-18-12(7-17)15-8-16-18/h1-2,5,8H,3-4,6-7H2,(H,19,20). The van der Waals surface area contributed by atoms with Crippen LogP contribution in [0.2, 0.25) is 0 Å². The average Bonchev–Trinajstić information content (AvgIpc) is 2.88. The molecule has 0 radical (unpaired) electrons. The number of hydrogen-bond acceptors (Lipinski definition) is 4. The van der Waals surface area contributed by atoms with Crippen LogP contribution in [0.5, 0.6) is 0 Å². The van der Waals surface area contributed by atoms with Crippen LogP contribution in [0.15, 0.2) is 24.5 Å². The summed E-state index contributed by atoms with van der Waals surface area (Å²) >= 11 is 0. The van der Waals surface area contributed by atoms with E-state index in [1.54, 1.807) is 0 Å². The fourth-order valence-corrected chi connectivity index (χ4v) is 2.30. The van der Waals surface area contributed by atoms with Crippen molar-refractivity contribution in [3.63, 3.8) is 0 Å². The molecule has 1 aliphatic heterocycles. The molecular weight excluding hydrogens is 263 g/mol. The smallest absolute Gasteiger partial charge is 0.335 e. The van der Waals surface area contributed by atoms with Crippen molar-refractivity contribution in [3.8, 4) is 0 Å². The van der Waals surface area contributed by atoms with Crippen LogP contribution in [-0.4, -0.2) is 37.3 Å². The summed E-state index contributed by atoms with van der Waals surface area (Å²) in [5.41, 5.74) is 0.451. The Kier molecular flexibility index (Phi) is 3.19. The highest BCUT2D eigenvalue weighted by Crippen LogP contribution is 2.16. The summed E-state index contributed by atoms with van der Waals surface area (Å²) in [6, 6.07) is 4.01. The zero-order chi connectivity index (χ0) is 14.1. The first-order chi connectivity index (χ1) is 9.63. The van der Waals surface area contributed by atoms with Gasteiger partial charge in [-0.3, -0.25) is 4.90 Å². The quantitative estimate of drug-likeness (QED) is 0.910. The summed E-state index contributed by atoms with van der Waals surface area (Å²) in [7, 11) is 0. The molecule has 1 N–H and O–H groups in total. The Balaban J connectivity index is 1.74. The molecule has 0 atom stereocenters. The molecule has 2 aromatic rings. The van der Waals surface area contributed by atoms with Crippen molar-refractivity contribution in [1.82, 2.24) is 19.7 Å². The molecule has 6 nitrogen and oxygen atoms in total. The lowest BCUT2D eigenvalue weighted by molar-refractivity contribution is 0.0696. The van der Waals surface area contributed by atoms with Crippen LogP contribution in [0.1, 0.15) is 21.7 Å². The fraction of sp³-hybridized carbons (Fsp3) is 0.308. The number of benzene rings is 1. The van der Waals surface area contributed by atoms with E-state index in [2.05, 4.69) is 15.0 Å². The summed E-state index contributed by atoms with van der Waals surface area (Å²) in [6.45, 7) is 2.53. The molecule has 104 valence electrons. The third kappa shape index (κ3) is 2.39. The molecule has 1 aliphatic rings. The lowest BCUT2D eigenvalue weighted by Gasteiger charge is -2.26. The van der Waals surface area contributed by atoms with Gasteiger partial charge in [0.05, 0.1) is 18.7 Å². The highest BCUT2D eigenvalue weighted by Gasteiger charge is 2.19. The number of hydrogen-bond donors (Lipinski definition) is 1. The second kappa shape index (κ2) is 5.01. The third-order valence-electron chi connectivity index (χ3n) is 3.38. The van der Waals surface area contributed by atoms with Gasteiger partial charge in [0, 0.05) is 18.7 Å². The predicted molar refractivity (Wildman–Crippen MR) is 67.5 cm³/mol. The minimum atomic E-state index is -1.12. The summed E-state index contributed by atoms with van der Waals surface area (Å²) in [5.74, 6) is -0.753. The van der Waals surface area contributed by atoms with Crippen molar-refractivity contribution in [1.29, 1.82) is 0 Å². The van der Waals surface area contributed by atoms with Crippen molar-refractivity contribution >= 4 is 5.97 Å². The molecule has 0 saturated carbocycles. The Morgan fingerprint density at radius 3 is 3.00 bits per heavy atom. The second-order valence-electron chi connectivity index (χ2n) is 4.72. The number of aromatic carboxylic acids is 1. The van der Waals surface area contributed by atoms with Crippen molar-refractivity contribution in [2.24, 2.45) is 0 Å². The number of carbonyl (C=O) groups is 1. The van der Waals surface area contributed by atoms with Gasteiger partial charge in [-0.05, 0) is 12.1 Å². The minimum absolute atomic E-state index is 0.0374. The molecule has 0 saturated heterocycles. The van der Waals surface area contributed by atoms with Gasteiger partial charge in [-0.25, -0.2) is 18.9 Å². The van der Waals surface area contributed by atoms with E-state index in [9.17, 15) is 9.18 Å². The fourth-order valence-electron chi connectivity index (χ4n) is 2.30. The first-order valence-electron chi connectivity index (χ1n) is 6.24. The van der Waals surface area contributed by atoms with E-state index in [4.69, 9.17) is 5.11 Å². The maximum absolute atomic E-state index is 13.9. The number of aromatic nitrogens is 3. The topological polar surface area (TPSA) is 71.2 Å². The van der Waals surface area contributed by atoms with Gasteiger partial charge in [-0.1, -0.05) is 6.07 Å². The Morgan fingerprint density at radius 2 is 2.25 bits per heavy atom. The zero-order valence-electron chi connectivity index (χ0n) is 10.7. The van der Waals surface area contributed by atoms with Crippen LogP contribution >= 0.6 is 0 Å². The summed E-state index contributed by atoms with van der Waals surface area (Å²) < 4.78 is 15.7. The van der Waals surface area contributed by atoms with Crippen LogP contribution in [0.3, 0.4) is 0 Å². The molecule has 20 heavy (non-hydrogen) atoms. The van der Waals surface area contributed by atoms with E-state index in [0.717, 1.165) is 25.0 Å². The van der Waals surface area contributed by atoms with Gasteiger partial charge in [0.2, 0.25) is 0 Å². The molecule has 0 bridgehead atoms. The first-order valence-corrected chi connectivity index (χ1v) is 6.24. The second-order valence-corrected chi connectivity index (χ2v) is 4.72. The van der Waals surface area contributed by atoms with Gasteiger partial charge in [0.25, 0.3) is 0 Å². The highest BCUT2D eigenvalue weighted by molar-refractivity contribution is 5.87. The molecule has 3 rings (SSSR count). The SMILES string of the molecule is O=C(O)c1ccc(CN2CCn3ncnc3C2)c(F)c1. The first kappa shape index (κ1) is 12.7. The maximum atomic E-state index is 13.9. The van der Waals surface area contributed by atoms with Crippen LogP contribution in [0.25, 0.3) is 0 Å². The lowest BCUT2D eigenvalue weighted by atomic mass is 10.1. The number of halogens is 1. The molecule has 0 amide bonds. The van der Waals surface area contributed by atoms with Crippen molar-refractivity contribution < 1.29 is 14.3 Å². The Labute approximate surface area is 114 Å². The van der Waals surface area contributed by atoms with E-state index < -0.39 is 11.8 Å². The van der Waals surface area contributed by atoms with E-state index >= 15 is 0 Å². The maximum Gasteiger partial charge on any atom is 0.335 e. The van der Waals surface area contributed by atoms with E-state index in [0.29, 0.717) is 18.7 Å². The summed E-state index contributed by atoms with van der Waals surface area (Å²) in [6.07, 6.45) is 1.51. The highest BCUT2D eigenvalue weighted by atomic mass is 19.1. The van der Waals surface area contributed by atoms with E-state index in [1.165, 1.54) is 18.5 Å². The number of carboxylic acids is 1. The van der Waals surface area contributed by atoms with Crippen molar-refractivity contribution in [2.45, 2.75) is 19.6 Å². The lowest BCUT2D eigenvalue weighted by Crippen LogP contribution is -2.34. The van der Waals surface area contributed by atoms with Gasteiger partial charge in [-0.15, -0.1) is 0 Å². The Morgan fingerprint density at radius 1 is 1.40 bits per heavy atom. The zero-order valence-corrected chi connectivity index (χ0v) is 10.7. The molecule has 2 heterocycles. The predicted octanol–water partition coefficient (Wildman–Crippen LogP) is 1.13. The van der Waals surface area contributed by atoms with Crippen LogP contribution < -0.4 is 0 Å². The van der Waals surface area contributed by atoms with Crippen LogP contribution in [0.4, 0.5) is 4.39 Å². The normalized spacial score (nSPS) is 15.1. The van der Waals surface area contributed by atoms with Crippen molar-refractivity contribution in [3.05, 3.63) is 47.3 Å². The molecule has 0 aliphatic carbocycles. The van der Waals surface area contributed by atoms with Gasteiger partial charge in [0.15, 0.2) is 0 Å². The number of fused-ring (bicyclic) bond motifs is 1. The molecule has 0 unspecified atom stereocenters. The molecule has 7 heteroatoms.